The number of hydrogen-bond acceptors (Lipinski definition) is 4. The van der Waals surface area contributed by atoms with Crippen molar-refractivity contribution in [3.05, 3.63) is 23.3 Å². The molecule has 0 aromatic heterocycles. The van der Waals surface area contributed by atoms with Crippen molar-refractivity contribution in [2.24, 2.45) is 0 Å². The number of fused-ring (bicyclic) bond motifs is 1. The van der Waals surface area contributed by atoms with Gasteiger partial charge in [0.15, 0.2) is 11.5 Å². The Morgan fingerprint density at radius 2 is 2.20 bits per heavy atom. The molecule has 0 saturated carbocycles. The molecule has 1 N–H and O–H groups in total. The van der Waals surface area contributed by atoms with E-state index in [0.717, 1.165) is 22.6 Å². The standard InChI is InChI=1S/C11H15NO3/c1-7-4-8-9(12-14-3)6-15-11(8)10(5-7)13-2/h4-5,9,12H,6H2,1-3H3. The minimum Gasteiger partial charge on any atom is -0.493 e. The SMILES string of the molecule is CONC1COc2c(OC)cc(C)cc21. The van der Waals surface area contributed by atoms with Crippen molar-refractivity contribution in [3.63, 3.8) is 0 Å². The summed E-state index contributed by atoms with van der Waals surface area (Å²) in [5, 5.41) is 0. The van der Waals surface area contributed by atoms with Gasteiger partial charge in [-0.1, -0.05) is 6.07 Å². The molecule has 0 fully saturated rings. The lowest BCUT2D eigenvalue weighted by molar-refractivity contribution is 0.0535. The van der Waals surface area contributed by atoms with Gasteiger partial charge in [-0.15, -0.1) is 0 Å². The van der Waals surface area contributed by atoms with Gasteiger partial charge in [0.2, 0.25) is 0 Å². The zero-order valence-corrected chi connectivity index (χ0v) is 9.16. The molecule has 0 spiro atoms. The first-order valence-electron chi connectivity index (χ1n) is 4.86. The molecule has 15 heavy (non-hydrogen) atoms. The van der Waals surface area contributed by atoms with Crippen molar-refractivity contribution in [2.75, 3.05) is 20.8 Å². The van der Waals surface area contributed by atoms with E-state index in [1.165, 1.54) is 0 Å². The Labute approximate surface area is 89.1 Å². The molecule has 0 radical (unpaired) electrons. The summed E-state index contributed by atoms with van der Waals surface area (Å²) in [6.45, 7) is 2.61. The Bertz CT molecular complexity index is 365. The number of methoxy groups -OCH3 is 1. The Kier molecular flexibility index (Phi) is 2.79. The highest BCUT2D eigenvalue weighted by Gasteiger charge is 2.27. The Balaban J connectivity index is 2.39. The maximum absolute atomic E-state index is 5.57. The number of hydrogen-bond donors (Lipinski definition) is 1. The summed E-state index contributed by atoms with van der Waals surface area (Å²) < 4.78 is 10.8. The third-order valence-corrected chi connectivity index (χ3v) is 2.48. The number of ether oxygens (including phenoxy) is 2. The molecular weight excluding hydrogens is 194 g/mol. The van der Waals surface area contributed by atoms with Crippen LogP contribution in [0.3, 0.4) is 0 Å². The minimum atomic E-state index is 0.0822. The highest BCUT2D eigenvalue weighted by molar-refractivity contribution is 5.52. The third kappa shape index (κ3) is 1.78. The van der Waals surface area contributed by atoms with Crippen molar-refractivity contribution >= 4 is 0 Å². The van der Waals surface area contributed by atoms with Crippen LogP contribution >= 0.6 is 0 Å². The zero-order chi connectivity index (χ0) is 10.8. The zero-order valence-electron chi connectivity index (χ0n) is 9.16. The monoisotopic (exact) mass is 209 g/mol. The van der Waals surface area contributed by atoms with Crippen LogP contribution in [0.5, 0.6) is 11.5 Å². The average molecular weight is 209 g/mol. The molecule has 4 heteroatoms. The van der Waals surface area contributed by atoms with Crippen LogP contribution in [0.1, 0.15) is 17.2 Å². The smallest absolute Gasteiger partial charge is 0.166 e. The van der Waals surface area contributed by atoms with Crippen LogP contribution < -0.4 is 15.0 Å². The maximum Gasteiger partial charge on any atom is 0.166 e. The van der Waals surface area contributed by atoms with Gasteiger partial charge >= 0.3 is 0 Å². The van der Waals surface area contributed by atoms with Crippen molar-refractivity contribution in [1.82, 2.24) is 5.48 Å². The fourth-order valence-electron chi connectivity index (χ4n) is 1.83. The number of aryl methyl sites for hydroxylation is 1. The molecule has 1 aliphatic rings. The summed E-state index contributed by atoms with van der Waals surface area (Å²) in [6, 6.07) is 4.13. The largest absolute Gasteiger partial charge is 0.493 e. The second-order valence-corrected chi connectivity index (χ2v) is 3.57. The summed E-state index contributed by atoms with van der Waals surface area (Å²) in [4.78, 5) is 4.93. The van der Waals surface area contributed by atoms with Crippen molar-refractivity contribution < 1.29 is 14.3 Å². The Hall–Kier alpha value is -1.26. The van der Waals surface area contributed by atoms with Gasteiger partial charge in [-0.25, -0.2) is 0 Å². The van der Waals surface area contributed by atoms with Crippen molar-refractivity contribution in [3.8, 4) is 11.5 Å². The van der Waals surface area contributed by atoms with Crippen molar-refractivity contribution in [1.29, 1.82) is 0 Å². The van der Waals surface area contributed by atoms with Gasteiger partial charge in [0.25, 0.3) is 0 Å². The quantitative estimate of drug-likeness (QED) is 0.767. The lowest BCUT2D eigenvalue weighted by atomic mass is 10.1. The molecule has 0 saturated heterocycles. The van der Waals surface area contributed by atoms with Gasteiger partial charge in [-0.3, -0.25) is 0 Å². The summed E-state index contributed by atoms with van der Waals surface area (Å²) in [6.07, 6.45) is 0. The molecular formula is C11H15NO3. The first-order chi connectivity index (χ1) is 7.26. The molecule has 0 aliphatic carbocycles. The fraction of sp³-hybridized carbons (Fsp3) is 0.455. The molecule has 0 amide bonds. The maximum atomic E-state index is 5.57. The predicted octanol–water partition coefficient (Wildman–Crippen LogP) is 1.59. The predicted molar refractivity (Wildman–Crippen MR) is 56.1 cm³/mol. The van der Waals surface area contributed by atoms with Crippen LogP contribution in [0.2, 0.25) is 0 Å². The molecule has 1 atom stereocenters. The number of hydroxylamine groups is 1. The summed E-state index contributed by atoms with van der Waals surface area (Å²) in [5.74, 6) is 1.60. The third-order valence-electron chi connectivity index (χ3n) is 2.48. The van der Waals surface area contributed by atoms with Crippen molar-refractivity contribution in [2.45, 2.75) is 13.0 Å². The van der Waals surface area contributed by atoms with E-state index in [1.807, 2.05) is 13.0 Å². The van der Waals surface area contributed by atoms with Gasteiger partial charge in [0.1, 0.15) is 6.61 Å². The number of nitrogens with one attached hydrogen (secondary N) is 1. The van der Waals surface area contributed by atoms with Gasteiger partial charge in [-0.2, -0.15) is 5.48 Å². The number of benzene rings is 1. The lowest BCUT2D eigenvalue weighted by Gasteiger charge is -2.10. The van der Waals surface area contributed by atoms with Gasteiger partial charge < -0.3 is 14.3 Å². The van der Waals surface area contributed by atoms with E-state index < -0.39 is 0 Å². The van der Waals surface area contributed by atoms with Crippen LogP contribution in [-0.2, 0) is 4.84 Å². The van der Waals surface area contributed by atoms with E-state index in [0.29, 0.717) is 6.61 Å². The summed E-state index contributed by atoms with van der Waals surface area (Å²) in [7, 11) is 3.25. The molecule has 4 nitrogen and oxygen atoms in total. The van der Waals surface area contributed by atoms with Crippen LogP contribution in [0, 0.1) is 6.92 Å². The topological polar surface area (TPSA) is 39.7 Å². The lowest BCUT2D eigenvalue weighted by Crippen LogP contribution is -2.20. The molecule has 0 bridgehead atoms. The molecule has 1 heterocycles. The van der Waals surface area contributed by atoms with Crippen LogP contribution in [0.25, 0.3) is 0 Å². The highest BCUT2D eigenvalue weighted by Crippen LogP contribution is 2.40. The Morgan fingerprint density at radius 3 is 2.87 bits per heavy atom. The van der Waals surface area contributed by atoms with Gasteiger partial charge in [0.05, 0.1) is 20.3 Å². The van der Waals surface area contributed by atoms with E-state index in [4.69, 9.17) is 14.3 Å². The average Bonchev–Trinajstić information content (AvgIpc) is 2.61. The van der Waals surface area contributed by atoms with Crippen LogP contribution in [-0.4, -0.2) is 20.8 Å². The number of rotatable bonds is 3. The molecule has 82 valence electrons. The molecule has 1 aromatic carbocycles. The van der Waals surface area contributed by atoms with Crippen LogP contribution in [0.15, 0.2) is 12.1 Å². The fourth-order valence-corrected chi connectivity index (χ4v) is 1.83. The molecule has 1 unspecified atom stereocenters. The van der Waals surface area contributed by atoms with E-state index in [-0.39, 0.29) is 6.04 Å². The highest BCUT2D eigenvalue weighted by atomic mass is 16.6. The normalized spacial score (nSPS) is 18.5. The van der Waals surface area contributed by atoms with Gasteiger partial charge in [-0.05, 0) is 18.6 Å². The van der Waals surface area contributed by atoms with E-state index >= 15 is 0 Å². The van der Waals surface area contributed by atoms with E-state index in [2.05, 4.69) is 11.5 Å². The summed E-state index contributed by atoms with van der Waals surface area (Å²) >= 11 is 0. The molecule has 2 rings (SSSR count). The first kappa shape index (κ1) is 10.3. The first-order valence-corrected chi connectivity index (χ1v) is 4.86. The second kappa shape index (κ2) is 4.08. The minimum absolute atomic E-state index is 0.0822. The Morgan fingerprint density at radius 1 is 1.40 bits per heavy atom. The van der Waals surface area contributed by atoms with E-state index in [1.54, 1.807) is 14.2 Å². The molecule has 1 aliphatic heterocycles. The van der Waals surface area contributed by atoms with Gasteiger partial charge in [0, 0.05) is 5.56 Å². The summed E-state index contributed by atoms with van der Waals surface area (Å²) in [5.41, 5.74) is 5.14. The molecule has 1 aromatic rings. The van der Waals surface area contributed by atoms with Crippen LogP contribution in [0.4, 0.5) is 0 Å². The second-order valence-electron chi connectivity index (χ2n) is 3.57. The van der Waals surface area contributed by atoms with E-state index in [9.17, 15) is 0 Å².